The second-order valence-electron chi connectivity index (χ2n) is 8.30. The molecule has 1 aromatic heterocycles. The van der Waals surface area contributed by atoms with Crippen LogP contribution in [-0.4, -0.2) is 10.5 Å². The number of nitrogens with zero attached hydrogens (tertiary/aromatic N) is 1. The molecule has 1 heterocycles. The second kappa shape index (κ2) is 10.6. The normalized spacial score (nSPS) is 11.8. The maximum absolute atomic E-state index is 11.3. The van der Waals surface area contributed by atoms with Crippen molar-refractivity contribution in [2.24, 2.45) is 0 Å². The monoisotopic (exact) mass is 467 g/mol. The number of aromatic nitrogens is 1. The second-order valence-corrected chi connectivity index (χ2v) is 8.30. The van der Waals surface area contributed by atoms with E-state index in [2.05, 4.69) is 96.2 Å². The summed E-state index contributed by atoms with van der Waals surface area (Å²) >= 11 is 0. The quantitative estimate of drug-likeness (QED) is 0.0793. The van der Waals surface area contributed by atoms with E-state index in [0.717, 1.165) is 22.7 Å². The Balaban J connectivity index is 1.42. The zero-order chi connectivity index (χ0) is 24.7. The van der Waals surface area contributed by atoms with E-state index in [4.69, 9.17) is 4.74 Å². The van der Waals surface area contributed by atoms with Crippen LogP contribution in [0.3, 0.4) is 0 Å². The third kappa shape index (κ3) is 5.11. The zero-order valence-corrected chi connectivity index (χ0v) is 19.7. The van der Waals surface area contributed by atoms with Crippen LogP contribution in [0.25, 0.3) is 46.2 Å². The molecule has 0 bridgehead atoms. The van der Waals surface area contributed by atoms with Gasteiger partial charge in [0.1, 0.15) is 5.75 Å². The Kier molecular flexibility index (Phi) is 6.72. The molecule has 0 fully saturated rings. The van der Waals surface area contributed by atoms with Crippen LogP contribution < -0.4 is 4.74 Å². The molecule has 36 heavy (non-hydrogen) atoms. The fourth-order valence-corrected chi connectivity index (χ4v) is 4.15. The summed E-state index contributed by atoms with van der Waals surface area (Å²) in [6.45, 7) is 3.42. The Morgan fingerprint density at radius 1 is 0.667 bits per heavy atom. The SMILES string of the molecule is C=CC(=O)Oc1ccc(C=Cc2ccc3c(c2)c2ccccc2n3C=CC=Cc2ccccc2)cc1. The van der Waals surface area contributed by atoms with Crippen molar-refractivity contribution >= 4 is 52.2 Å². The highest BCUT2D eigenvalue weighted by molar-refractivity contribution is 6.10. The largest absolute Gasteiger partial charge is 0.423 e. The molecule has 0 atom stereocenters. The number of benzene rings is 4. The average molecular weight is 468 g/mol. The van der Waals surface area contributed by atoms with E-state index < -0.39 is 5.97 Å². The van der Waals surface area contributed by atoms with Gasteiger partial charge in [0.2, 0.25) is 0 Å². The van der Waals surface area contributed by atoms with Gasteiger partial charge in [0.05, 0.1) is 11.0 Å². The maximum Gasteiger partial charge on any atom is 0.335 e. The van der Waals surface area contributed by atoms with E-state index in [1.807, 2.05) is 36.4 Å². The van der Waals surface area contributed by atoms with Crippen molar-refractivity contribution in [3.05, 3.63) is 139 Å². The van der Waals surface area contributed by atoms with Crippen LogP contribution in [-0.2, 0) is 4.79 Å². The minimum atomic E-state index is -0.465. The topological polar surface area (TPSA) is 31.2 Å². The lowest BCUT2D eigenvalue weighted by Gasteiger charge is -2.02. The van der Waals surface area contributed by atoms with Crippen LogP contribution in [0.1, 0.15) is 16.7 Å². The van der Waals surface area contributed by atoms with Gasteiger partial charge in [0.25, 0.3) is 0 Å². The highest BCUT2D eigenvalue weighted by Gasteiger charge is 2.08. The van der Waals surface area contributed by atoms with Crippen LogP contribution in [0.2, 0.25) is 0 Å². The number of hydrogen-bond acceptors (Lipinski definition) is 2. The van der Waals surface area contributed by atoms with E-state index in [0.29, 0.717) is 5.75 Å². The van der Waals surface area contributed by atoms with E-state index in [9.17, 15) is 4.79 Å². The van der Waals surface area contributed by atoms with E-state index in [-0.39, 0.29) is 0 Å². The summed E-state index contributed by atoms with van der Waals surface area (Å²) in [5.74, 6) is 0.0331. The number of allylic oxidation sites excluding steroid dienone is 2. The fourth-order valence-electron chi connectivity index (χ4n) is 4.15. The van der Waals surface area contributed by atoms with Crippen molar-refractivity contribution in [2.45, 2.75) is 0 Å². The molecule has 174 valence electrons. The minimum Gasteiger partial charge on any atom is -0.423 e. The van der Waals surface area contributed by atoms with Crippen molar-refractivity contribution in [2.75, 3.05) is 0 Å². The molecule has 0 unspecified atom stereocenters. The van der Waals surface area contributed by atoms with E-state index in [1.165, 1.54) is 21.9 Å². The van der Waals surface area contributed by atoms with E-state index >= 15 is 0 Å². The van der Waals surface area contributed by atoms with Gasteiger partial charge in [0, 0.05) is 23.0 Å². The van der Waals surface area contributed by atoms with Crippen LogP contribution in [0.15, 0.2) is 122 Å². The number of ether oxygens (including phenoxy) is 1. The number of fused-ring (bicyclic) bond motifs is 3. The molecule has 0 aliphatic carbocycles. The number of carbonyl (C=O) groups is 1. The van der Waals surface area contributed by atoms with Crippen LogP contribution in [0.5, 0.6) is 5.75 Å². The van der Waals surface area contributed by atoms with Crippen molar-refractivity contribution in [1.82, 2.24) is 4.57 Å². The Labute approximate surface area is 210 Å². The molecule has 0 aliphatic rings. The van der Waals surface area contributed by atoms with Gasteiger partial charge in [-0.25, -0.2) is 4.79 Å². The van der Waals surface area contributed by atoms with Gasteiger partial charge in [-0.1, -0.05) is 97.6 Å². The maximum atomic E-state index is 11.3. The van der Waals surface area contributed by atoms with Gasteiger partial charge in [0.15, 0.2) is 0 Å². The minimum absolute atomic E-state index is 0.465. The Morgan fingerprint density at radius 3 is 2.14 bits per heavy atom. The van der Waals surface area contributed by atoms with Crippen LogP contribution in [0, 0.1) is 0 Å². The van der Waals surface area contributed by atoms with Gasteiger partial charge >= 0.3 is 5.97 Å². The first-order valence-electron chi connectivity index (χ1n) is 11.8. The molecular weight excluding hydrogens is 442 g/mol. The van der Waals surface area contributed by atoms with Crippen molar-refractivity contribution < 1.29 is 9.53 Å². The first-order valence-corrected chi connectivity index (χ1v) is 11.8. The molecule has 0 saturated heterocycles. The summed E-state index contributed by atoms with van der Waals surface area (Å²) in [6.07, 6.45) is 13.6. The van der Waals surface area contributed by atoms with Crippen LogP contribution in [0.4, 0.5) is 0 Å². The summed E-state index contributed by atoms with van der Waals surface area (Å²) in [6, 6.07) is 32.6. The van der Waals surface area contributed by atoms with Crippen LogP contribution >= 0.6 is 0 Å². The van der Waals surface area contributed by atoms with Gasteiger partial charge in [-0.05, 0) is 53.1 Å². The van der Waals surface area contributed by atoms with Crippen molar-refractivity contribution in [3.8, 4) is 5.75 Å². The predicted molar refractivity (Wildman–Crippen MR) is 151 cm³/mol. The molecule has 0 radical (unpaired) electrons. The lowest BCUT2D eigenvalue weighted by atomic mass is 10.1. The molecule has 3 heteroatoms. The number of para-hydroxylation sites is 1. The van der Waals surface area contributed by atoms with Gasteiger partial charge in [-0.3, -0.25) is 0 Å². The number of esters is 1. The highest BCUT2D eigenvalue weighted by atomic mass is 16.5. The lowest BCUT2D eigenvalue weighted by molar-refractivity contribution is -0.128. The Bertz CT molecular complexity index is 1620. The Hall–Kier alpha value is -4.89. The summed E-state index contributed by atoms with van der Waals surface area (Å²) in [5, 5.41) is 2.42. The summed E-state index contributed by atoms with van der Waals surface area (Å²) in [5.41, 5.74) is 5.63. The third-order valence-electron chi connectivity index (χ3n) is 5.90. The Morgan fingerprint density at radius 2 is 1.33 bits per heavy atom. The zero-order valence-electron chi connectivity index (χ0n) is 19.7. The molecule has 0 N–H and O–H groups in total. The molecule has 3 nitrogen and oxygen atoms in total. The third-order valence-corrected chi connectivity index (χ3v) is 5.90. The first-order chi connectivity index (χ1) is 17.7. The highest BCUT2D eigenvalue weighted by Crippen LogP contribution is 2.30. The molecule has 0 spiro atoms. The predicted octanol–water partition coefficient (Wildman–Crippen LogP) is 8.24. The van der Waals surface area contributed by atoms with E-state index in [1.54, 1.807) is 12.1 Å². The molecule has 0 saturated carbocycles. The summed E-state index contributed by atoms with van der Waals surface area (Å²) in [4.78, 5) is 11.3. The molecular formula is C33H25NO2. The number of hydrogen-bond donors (Lipinski definition) is 0. The van der Waals surface area contributed by atoms with Gasteiger partial charge in [-0.15, -0.1) is 0 Å². The number of carbonyl (C=O) groups excluding carboxylic acids is 1. The smallest absolute Gasteiger partial charge is 0.335 e. The molecule has 5 rings (SSSR count). The first kappa shape index (κ1) is 22.9. The summed E-state index contributed by atoms with van der Waals surface area (Å²) in [7, 11) is 0. The molecule has 0 aliphatic heterocycles. The molecule has 4 aromatic carbocycles. The van der Waals surface area contributed by atoms with Gasteiger partial charge < -0.3 is 9.30 Å². The average Bonchev–Trinajstić information content (AvgIpc) is 3.24. The lowest BCUT2D eigenvalue weighted by Crippen LogP contribution is -2.02. The van der Waals surface area contributed by atoms with Gasteiger partial charge in [-0.2, -0.15) is 0 Å². The van der Waals surface area contributed by atoms with Crippen molar-refractivity contribution in [3.63, 3.8) is 0 Å². The number of rotatable bonds is 7. The molecule has 0 amide bonds. The fraction of sp³-hybridized carbons (Fsp3) is 0. The standard InChI is InChI=1S/C33H25NO2/c1-2-33(35)36-28-20-17-26(18-21-28)15-16-27-19-22-32-30(24-27)29-13-6-7-14-31(29)34(32)23-9-8-12-25-10-4-3-5-11-25/h2-24H,1H2. The van der Waals surface area contributed by atoms with Crippen molar-refractivity contribution in [1.29, 1.82) is 0 Å². The molecule has 5 aromatic rings. The summed E-state index contributed by atoms with van der Waals surface area (Å²) < 4.78 is 7.37.